The Morgan fingerprint density at radius 2 is 1.18 bits per heavy atom. The number of phenols is 9. The number of aliphatic hydroxyl groups excluding tert-OH is 2. The smallest absolute Gasteiger partial charge is 0.305 e. The molecule has 0 fully saturated rings. The SMILES string of the molecule is Oc1cc(O)c2c(c1)OC1(c3cc(O)c(O)c(O)c3)Oc3cc(O)c4c(c3C2C1O)OC(c1cc(O)c(O)c(O)c1)C(O)C4. The second kappa shape index (κ2) is 8.95. The number of hydrogen-bond donors (Lipinski definition) is 11. The van der Waals surface area contributed by atoms with Crippen LogP contribution in [0.1, 0.15) is 39.8 Å². The van der Waals surface area contributed by atoms with Crippen LogP contribution >= 0.6 is 0 Å². The highest BCUT2D eigenvalue weighted by Crippen LogP contribution is 2.62. The quantitative estimate of drug-likeness (QED) is 0.146. The fourth-order valence-electron chi connectivity index (χ4n) is 6.23. The van der Waals surface area contributed by atoms with Crippen molar-refractivity contribution in [2.75, 3.05) is 0 Å². The molecule has 14 heteroatoms. The van der Waals surface area contributed by atoms with Gasteiger partial charge in [0.1, 0.15) is 40.6 Å². The molecule has 0 radical (unpaired) electrons. The maximum Gasteiger partial charge on any atom is 0.305 e. The molecule has 5 unspecified atom stereocenters. The van der Waals surface area contributed by atoms with E-state index in [9.17, 15) is 56.2 Å². The number of hydrogen-bond acceptors (Lipinski definition) is 14. The van der Waals surface area contributed by atoms with Crippen LogP contribution in [0.3, 0.4) is 0 Å². The molecule has 2 bridgehead atoms. The molecule has 7 rings (SSSR count). The van der Waals surface area contributed by atoms with E-state index in [1.165, 1.54) is 6.07 Å². The summed E-state index contributed by atoms with van der Waals surface area (Å²) in [6, 6.07) is 7.40. The van der Waals surface area contributed by atoms with Crippen molar-refractivity contribution in [1.82, 2.24) is 0 Å². The average Bonchev–Trinajstić information content (AvgIpc) is 2.94. The van der Waals surface area contributed by atoms with Crippen molar-refractivity contribution in [3.63, 3.8) is 0 Å². The molecule has 44 heavy (non-hydrogen) atoms. The number of ether oxygens (including phenoxy) is 3. The summed E-state index contributed by atoms with van der Waals surface area (Å²) in [5.41, 5.74) is -0.00268. The topological polar surface area (TPSA) is 250 Å². The Kier molecular flexibility index (Phi) is 5.54. The lowest BCUT2D eigenvalue weighted by atomic mass is 9.74. The van der Waals surface area contributed by atoms with Crippen LogP contribution in [0.15, 0.2) is 42.5 Å². The fourth-order valence-corrected chi connectivity index (χ4v) is 6.23. The highest BCUT2D eigenvalue weighted by atomic mass is 16.7. The molecule has 228 valence electrons. The standard InChI is InChI=1S/C30H24O14/c31-11-5-14(33)22-20(6-11)43-30(10-3-17(36)26(40)18(37)4-10)29(41)24(22)23-21(44-30)8-13(32)12-7-19(38)27(42-28(12)23)9-1-15(34)25(39)16(35)2-9/h1-6,8,19,24,27,29,31-41H,7H2. The first-order chi connectivity index (χ1) is 20.8. The fraction of sp³-hybridized carbons (Fsp3) is 0.200. The molecule has 0 amide bonds. The molecule has 4 aromatic carbocycles. The Bertz CT molecular complexity index is 1840. The zero-order valence-electron chi connectivity index (χ0n) is 22.2. The van der Waals surface area contributed by atoms with E-state index in [1.807, 2.05) is 0 Å². The van der Waals surface area contributed by atoms with Crippen LogP contribution in [0.2, 0.25) is 0 Å². The molecule has 11 N–H and O–H groups in total. The van der Waals surface area contributed by atoms with E-state index in [2.05, 4.69) is 0 Å². The molecule has 0 saturated heterocycles. The van der Waals surface area contributed by atoms with Gasteiger partial charge in [-0.05, 0) is 24.3 Å². The molecule has 3 heterocycles. The van der Waals surface area contributed by atoms with Gasteiger partial charge in [-0.3, -0.25) is 0 Å². The Hall–Kier alpha value is -5.60. The Balaban J connectivity index is 1.48. The van der Waals surface area contributed by atoms with Gasteiger partial charge in [0, 0.05) is 52.4 Å². The molecule has 3 aliphatic rings. The molecular formula is C30H24O14. The van der Waals surface area contributed by atoms with Crippen LogP contribution in [0.4, 0.5) is 0 Å². The molecule has 0 spiro atoms. The van der Waals surface area contributed by atoms with Gasteiger partial charge in [0.15, 0.2) is 40.6 Å². The molecule has 3 aliphatic heterocycles. The molecule has 0 saturated carbocycles. The van der Waals surface area contributed by atoms with Crippen LogP contribution in [-0.2, 0) is 12.2 Å². The summed E-state index contributed by atoms with van der Waals surface area (Å²) >= 11 is 0. The molecule has 0 aliphatic carbocycles. The lowest BCUT2D eigenvalue weighted by molar-refractivity contribution is -0.219. The predicted octanol–water partition coefficient (Wildman–Crippen LogP) is 2.20. The first kappa shape index (κ1) is 27.2. The van der Waals surface area contributed by atoms with Gasteiger partial charge in [-0.1, -0.05) is 0 Å². The van der Waals surface area contributed by atoms with Crippen molar-refractivity contribution < 1.29 is 70.4 Å². The number of phenolic OH excluding ortho intramolecular Hbond substituents is 9. The van der Waals surface area contributed by atoms with Crippen LogP contribution in [0, 0.1) is 0 Å². The van der Waals surface area contributed by atoms with Crippen LogP contribution in [0.25, 0.3) is 0 Å². The van der Waals surface area contributed by atoms with Crippen molar-refractivity contribution in [3.05, 3.63) is 70.3 Å². The van der Waals surface area contributed by atoms with Gasteiger partial charge in [0.2, 0.25) is 0 Å². The number of fused-ring (bicyclic) bond motifs is 8. The first-order valence-electron chi connectivity index (χ1n) is 13.2. The Labute approximate surface area is 246 Å². The monoisotopic (exact) mass is 608 g/mol. The van der Waals surface area contributed by atoms with Gasteiger partial charge in [-0.25, -0.2) is 0 Å². The van der Waals surface area contributed by atoms with E-state index >= 15 is 0 Å². The summed E-state index contributed by atoms with van der Waals surface area (Å²) in [5, 5.41) is 116. The van der Waals surface area contributed by atoms with Gasteiger partial charge >= 0.3 is 5.79 Å². The third-order valence-electron chi connectivity index (χ3n) is 8.22. The van der Waals surface area contributed by atoms with Crippen molar-refractivity contribution in [2.45, 2.75) is 36.4 Å². The summed E-state index contributed by atoms with van der Waals surface area (Å²) in [7, 11) is 0. The molecule has 0 aromatic heterocycles. The lowest BCUT2D eigenvalue weighted by Crippen LogP contribution is -2.57. The van der Waals surface area contributed by atoms with E-state index in [0.29, 0.717) is 0 Å². The van der Waals surface area contributed by atoms with E-state index in [4.69, 9.17) is 14.2 Å². The minimum absolute atomic E-state index is 0.0261. The van der Waals surface area contributed by atoms with Crippen LogP contribution in [-0.4, -0.2) is 68.4 Å². The second-order valence-electron chi connectivity index (χ2n) is 10.9. The van der Waals surface area contributed by atoms with E-state index in [0.717, 1.165) is 36.4 Å². The molecule has 4 aromatic rings. The summed E-state index contributed by atoms with van der Waals surface area (Å²) in [6.45, 7) is 0. The highest BCUT2D eigenvalue weighted by Gasteiger charge is 2.60. The third kappa shape index (κ3) is 3.61. The van der Waals surface area contributed by atoms with Gasteiger partial charge < -0.3 is 70.4 Å². The highest BCUT2D eigenvalue weighted by molar-refractivity contribution is 5.68. The zero-order chi connectivity index (χ0) is 31.4. The number of aromatic hydroxyl groups is 9. The minimum atomic E-state index is -2.30. The minimum Gasteiger partial charge on any atom is -0.508 e. The largest absolute Gasteiger partial charge is 0.508 e. The normalized spacial score (nSPS) is 24.6. The molecule has 5 atom stereocenters. The number of aliphatic hydroxyl groups is 2. The van der Waals surface area contributed by atoms with Gasteiger partial charge in [-0.2, -0.15) is 0 Å². The number of rotatable bonds is 2. The van der Waals surface area contributed by atoms with Crippen molar-refractivity contribution >= 4 is 0 Å². The molecular weight excluding hydrogens is 584 g/mol. The van der Waals surface area contributed by atoms with Crippen molar-refractivity contribution in [1.29, 1.82) is 0 Å². The second-order valence-corrected chi connectivity index (χ2v) is 10.9. The van der Waals surface area contributed by atoms with Gasteiger partial charge in [0.25, 0.3) is 0 Å². The summed E-state index contributed by atoms with van der Waals surface area (Å²) < 4.78 is 18.4. The average molecular weight is 609 g/mol. The lowest BCUT2D eigenvalue weighted by Gasteiger charge is -2.50. The van der Waals surface area contributed by atoms with Crippen molar-refractivity contribution in [3.8, 4) is 69.0 Å². The molecule has 14 nitrogen and oxygen atoms in total. The van der Waals surface area contributed by atoms with Crippen molar-refractivity contribution in [2.24, 2.45) is 0 Å². The van der Waals surface area contributed by atoms with E-state index < -0.39 is 81.8 Å². The Morgan fingerprint density at radius 1 is 0.614 bits per heavy atom. The summed E-state index contributed by atoms with van der Waals surface area (Å²) in [5.74, 6) is -9.88. The summed E-state index contributed by atoms with van der Waals surface area (Å²) in [4.78, 5) is 0. The van der Waals surface area contributed by atoms with E-state index in [1.54, 1.807) is 0 Å². The zero-order valence-corrected chi connectivity index (χ0v) is 22.2. The third-order valence-corrected chi connectivity index (χ3v) is 8.22. The maximum absolute atomic E-state index is 11.9. The predicted molar refractivity (Wildman–Crippen MR) is 145 cm³/mol. The van der Waals surface area contributed by atoms with Gasteiger partial charge in [-0.15, -0.1) is 0 Å². The first-order valence-corrected chi connectivity index (χ1v) is 13.2. The van der Waals surface area contributed by atoms with E-state index in [-0.39, 0.29) is 51.5 Å². The van der Waals surface area contributed by atoms with Crippen LogP contribution in [0.5, 0.6) is 69.0 Å². The van der Waals surface area contributed by atoms with Crippen LogP contribution < -0.4 is 14.2 Å². The summed E-state index contributed by atoms with van der Waals surface area (Å²) in [6.07, 6.45) is -4.63. The van der Waals surface area contributed by atoms with Gasteiger partial charge in [0.05, 0.1) is 12.0 Å². The Morgan fingerprint density at radius 3 is 1.80 bits per heavy atom. The maximum atomic E-state index is 11.9. The number of benzene rings is 4.